The van der Waals surface area contributed by atoms with Crippen molar-refractivity contribution in [3.63, 3.8) is 0 Å². The van der Waals surface area contributed by atoms with E-state index in [0.29, 0.717) is 0 Å². The molecule has 0 saturated heterocycles. The average molecular weight is 183 g/mol. The molecular weight excluding hydrogens is 170 g/mol. The van der Waals surface area contributed by atoms with Gasteiger partial charge in [0.05, 0.1) is 19.0 Å². The predicted molar refractivity (Wildman–Crippen MR) is 48.2 cm³/mol. The molecule has 0 bridgehead atoms. The van der Waals surface area contributed by atoms with E-state index in [1.54, 1.807) is 6.92 Å². The third kappa shape index (κ3) is 5.70. The highest BCUT2D eigenvalue weighted by Crippen LogP contribution is 1.85. The van der Waals surface area contributed by atoms with Gasteiger partial charge in [-0.25, -0.2) is 0 Å². The number of rotatable bonds is 4. The molecule has 0 aromatic heterocycles. The first-order valence-corrected chi connectivity index (χ1v) is 3.79. The zero-order valence-corrected chi connectivity index (χ0v) is 7.46. The normalized spacial score (nSPS) is 10.9. The van der Waals surface area contributed by atoms with E-state index in [0.717, 1.165) is 0 Å². The van der Waals surface area contributed by atoms with Crippen LogP contribution in [0.5, 0.6) is 0 Å². The lowest BCUT2D eigenvalue weighted by molar-refractivity contribution is -0.126. The summed E-state index contributed by atoms with van der Waals surface area (Å²) in [6, 6.07) is -0.879. The van der Waals surface area contributed by atoms with Crippen molar-refractivity contribution in [2.75, 3.05) is 6.54 Å². The lowest BCUT2D eigenvalue weighted by Gasteiger charge is -2.07. The van der Waals surface area contributed by atoms with Gasteiger partial charge >= 0.3 is 0 Å². The van der Waals surface area contributed by atoms with Gasteiger partial charge in [0.2, 0.25) is 11.8 Å². The maximum Gasteiger partial charge on any atom is 0.238 e. The Bertz CT molecular complexity index is 252. The molecule has 5 nitrogen and oxygen atoms in total. The number of nitrogens with one attached hydrogen (secondary N) is 1. The van der Waals surface area contributed by atoms with Crippen molar-refractivity contribution in [1.29, 1.82) is 0 Å². The van der Waals surface area contributed by atoms with Crippen LogP contribution >= 0.6 is 0 Å². The summed E-state index contributed by atoms with van der Waals surface area (Å²) >= 11 is 0. The first-order chi connectivity index (χ1) is 6.07. The summed E-state index contributed by atoms with van der Waals surface area (Å²) in [7, 11) is 0. The van der Waals surface area contributed by atoms with Crippen LogP contribution in [0.4, 0.5) is 0 Å². The number of hydrogen-bond donors (Lipinski definition) is 3. The van der Waals surface area contributed by atoms with Gasteiger partial charge in [-0.05, 0) is 6.92 Å². The van der Waals surface area contributed by atoms with E-state index in [-0.39, 0.29) is 13.0 Å². The highest BCUT2D eigenvalue weighted by molar-refractivity contribution is 5.87. The number of hydrogen-bond acceptors (Lipinski definition) is 3. The molecule has 0 fully saturated rings. The van der Waals surface area contributed by atoms with Crippen molar-refractivity contribution < 1.29 is 9.59 Å². The van der Waals surface area contributed by atoms with Crippen molar-refractivity contribution in [2.24, 2.45) is 11.5 Å². The molecule has 2 amide bonds. The molecule has 5 heteroatoms. The molecule has 0 radical (unpaired) electrons. The summed E-state index contributed by atoms with van der Waals surface area (Å²) in [5, 5.41) is 2.44. The molecule has 1 unspecified atom stereocenters. The van der Waals surface area contributed by atoms with Crippen LogP contribution in [0.15, 0.2) is 0 Å². The van der Waals surface area contributed by atoms with Gasteiger partial charge < -0.3 is 16.8 Å². The Hall–Kier alpha value is -1.54. The minimum absolute atomic E-state index is 0.147. The van der Waals surface area contributed by atoms with E-state index in [2.05, 4.69) is 17.2 Å². The number of primary amides is 1. The second-order valence-electron chi connectivity index (χ2n) is 2.42. The minimum Gasteiger partial charge on any atom is -0.370 e. The fourth-order valence-corrected chi connectivity index (χ4v) is 0.660. The van der Waals surface area contributed by atoms with Gasteiger partial charge in [0.1, 0.15) is 0 Å². The van der Waals surface area contributed by atoms with Crippen LogP contribution in [-0.2, 0) is 9.59 Å². The monoisotopic (exact) mass is 183 g/mol. The van der Waals surface area contributed by atoms with E-state index in [1.807, 2.05) is 0 Å². The van der Waals surface area contributed by atoms with Crippen molar-refractivity contribution in [1.82, 2.24) is 5.32 Å². The molecule has 0 spiro atoms. The summed E-state index contributed by atoms with van der Waals surface area (Å²) < 4.78 is 0. The molecule has 13 heavy (non-hydrogen) atoms. The molecule has 0 aliphatic carbocycles. The van der Waals surface area contributed by atoms with Gasteiger partial charge in [-0.15, -0.1) is 5.92 Å². The van der Waals surface area contributed by atoms with Gasteiger partial charge in [-0.3, -0.25) is 9.59 Å². The Morgan fingerprint density at radius 1 is 1.54 bits per heavy atom. The van der Waals surface area contributed by atoms with E-state index in [1.165, 1.54) is 0 Å². The second-order valence-corrected chi connectivity index (χ2v) is 2.42. The van der Waals surface area contributed by atoms with E-state index >= 15 is 0 Å². The smallest absolute Gasteiger partial charge is 0.238 e. The Labute approximate surface area is 76.8 Å². The van der Waals surface area contributed by atoms with E-state index in [4.69, 9.17) is 11.5 Å². The first-order valence-electron chi connectivity index (χ1n) is 3.79. The van der Waals surface area contributed by atoms with Crippen molar-refractivity contribution in [2.45, 2.75) is 19.4 Å². The molecule has 0 saturated carbocycles. The third-order valence-electron chi connectivity index (χ3n) is 1.29. The van der Waals surface area contributed by atoms with Crippen LogP contribution in [-0.4, -0.2) is 24.4 Å². The summed E-state index contributed by atoms with van der Waals surface area (Å²) in [6.07, 6.45) is -0.147. The third-order valence-corrected chi connectivity index (χ3v) is 1.29. The number of carbonyl (C=O) groups is 2. The minimum atomic E-state index is -0.879. The Morgan fingerprint density at radius 3 is 2.62 bits per heavy atom. The highest BCUT2D eigenvalue weighted by Gasteiger charge is 2.14. The molecule has 0 aromatic carbocycles. The molecule has 0 aliphatic rings. The molecule has 0 heterocycles. The van der Waals surface area contributed by atoms with Gasteiger partial charge in [-0.2, -0.15) is 0 Å². The van der Waals surface area contributed by atoms with Crippen molar-refractivity contribution in [3.05, 3.63) is 0 Å². The van der Waals surface area contributed by atoms with Crippen molar-refractivity contribution in [3.8, 4) is 11.8 Å². The maximum atomic E-state index is 11.0. The summed E-state index contributed by atoms with van der Waals surface area (Å²) in [4.78, 5) is 21.4. The van der Waals surface area contributed by atoms with Crippen LogP contribution in [0.3, 0.4) is 0 Å². The van der Waals surface area contributed by atoms with Gasteiger partial charge in [0.25, 0.3) is 0 Å². The molecule has 72 valence electrons. The fourth-order valence-electron chi connectivity index (χ4n) is 0.660. The highest BCUT2D eigenvalue weighted by atomic mass is 16.2. The SMILES string of the molecule is CC#CCNC(=O)C(N)CC(N)=O. The second kappa shape index (κ2) is 6.03. The zero-order valence-electron chi connectivity index (χ0n) is 7.46. The summed E-state index contributed by atoms with van der Waals surface area (Å²) in [5.74, 6) is 4.23. The van der Waals surface area contributed by atoms with Crippen molar-refractivity contribution >= 4 is 11.8 Å². The quantitative estimate of drug-likeness (QED) is 0.454. The van der Waals surface area contributed by atoms with Crippen LogP contribution in [0, 0.1) is 11.8 Å². The molecule has 0 aliphatic heterocycles. The van der Waals surface area contributed by atoms with Crippen LogP contribution in [0.25, 0.3) is 0 Å². The number of amides is 2. The lowest BCUT2D eigenvalue weighted by Crippen LogP contribution is -2.43. The van der Waals surface area contributed by atoms with Gasteiger partial charge in [0.15, 0.2) is 0 Å². The average Bonchev–Trinajstić information content (AvgIpc) is 2.03. The summed E-state index contributed by atoms with van der Waals surface area (Å²) in [6.45, 7) is 1.90. The number of carbonyl (C=O) groups excluding carboxylic acids is 2. The molecule has 0 rings (SSSR count). The Balaban J connectivity index is 3.80. The summed E-state index contributed by atoms with van der Waals surface area (Å²) in [5.41, 5.74) is 10.2. The lowest BCUT2D eigenvalue weighted by atomic mass is 10.2. The number of nitrogens with two attached hydrogens (primary N) is 2. The van der Waals surface area contributed by atoms with Crippen LogP contribution < -0.4 is 16.8 Å². The van der Waals surface area contributed by atoms with Crippen LogP contribution in [0.1, 0.15) is 13.3 Å². The standard InChI is InChI=1S/C8H13N3O2/c1-2-3-4-11-8(13)6(9)5-7(10)12/h6H,4-5,9H2,1H3,(H2,10,12)(H,11,13). The molecule has 1 atom stereocenters. The van der Waals surface area contributed by atoms with E-state index in [9.17, 15) is 9.59 Å². The fraction of sp³-hybridized carbons (Fsp3) is 0.500. The Morgan fingerprint density at radius 2 is 2.15 bits per heavy atom. The largest absolute Gasteiger partial charge is 0.370 e. The molecule has 5 N–H and O–H groups in total. The predicted octanol–water partition coefficient (Wildman–Crippen LogP) is -1.67. The topological polar surface area (TPSA) is 98.2 Å². The van der Waals surface area contributed by atoms with E-state index < -0.39 is 17.9 Å². The first kappa shape index (κ1) is 11.5. The molecule has 0 aromatic rings. The Kier molecular flexibility index (Phi) is 5.32. The maximum absolute atomic E-state index is 11.0. The molecular formula is C8H13N3O2. The zero-order chi connectivity index (χ0) is 10.3. The van der Waals surface area contributed by atoms with Gasteiger partial charge in [-0.1, -0.05) is 5.92 Å². The van der Waals surface area contributed by atoms with Gasteiger partial charge in [0, 0.05) is 0 Å². The van der Waals surface area contributed by atoms with Crippen LogP contribution in [0.2, 0.25) is 0 Å².